The Hall–Kier alpha value is -1.44. The molecule has 0 aliphatic carbocycles. The van der Waals surface area contributed by atoms with E-state index in [-0.39, 0.29) is 5.82 Å². The molecule has 0 saturated carbocycles. The van der Waals surface area contributed by atoms with Crippen LogP contribution in [0.3, 0.4) is 0 Å². The lowest BCUT2D eigenvalue weighted by Crippen LogP contribution is -1.88. The first kappa shape index (κ1) is 12.6. The van der Waals surface area contributed by atoms with Crippen molar-refractivity contribution in [1.29, 1.82) is 0 Å². The number of rotatable bonds is 5. The maximum absolute atomic E-state index is 12.9. The molecule has 86 valence electrons. The molecule has 0 aliphatic rings. The van der Waals surface area contributed by atoms with E-state index in [9.17, 15) is 4.39 Å². The van der Waals surface area contributed by atoms with Crippen LogP contribution in [0.4, 0.5) is 4.39 Å². The van der Waals surface area contributed by atoms with Crippen molar-refractivity contribution in [2.45, 2.75) is 26.7 Å². The lowest BCUT2D eigenvalue weighted by Gasteiger charge is -2.01. The zero-order chi connectivity index (χ0) is 11.8. The fraction of sp³-hybridized carbons (Fsp3) is 0.357. The number of aryl methyl sites for hydroxylation is 1. The summed E-state index contributed by atoms with van der Waals surface area (Å²) in [5, 5.41) is 0. The highest BCUT2D eigenvalue weighted by Gasteiger charge is 1.96. The molecule has 0 unspecified atom stereocenters. The molecule has 0 fully saturated rings. The molecule has 0 atom stereocenters. The average molecular weight is 219 g/mol. The number of allylic oxidation sites excluding steroid dienone is 2. The molecule has 0 aliphatic heterocycles. The van der Waals surface area contributed by atoms with E-state index >= 15 is 0 Å². The molecule has 0 bridgehead atoms. The van der Waals surface area contributed by atoms with Gasteiger partial charge in [-0.2, -0.15) is 0 Å². The maximum atomic E-state index is 12.9. The molecule has 1 aromatic rings. The first-order valence-corrected chi connectivity index (χ1v) is 5.62. The summed E-state index contributed by atoms with van der Waals surface area (Å²) in [6.07, 6.45) is 5.67. The molecule has 0 saturated heterocycles. The molecule has 0 heterocycles. The van der Waals surface area contributed by atoms with E-state index in [1.807, 2.05) is 25.3 Å². The van der Waals surface area contributed by atoms with E-state index in [0.29, 0.717) is 0 Å². The predicted octanol–water partition coefficient (Wildman–Crippen LogP) is 3.80. The minimum atomic E-state index is -0.160. The Morgan fingerprint density at radius 3 is 2.94 bits per heavy atom. The summed E-state index contributed by atoms with van der Waals surface area (Å²) in [5.41, 5.74) is 2.31. The Labute approximate surface area is 96.7 Å². The minimum absolute atomic E-state index is 0.160. The summed E-state index contributed by atoms with van der Waals surface area (Å²) in [4.78, 5) is 4.12. The van der Waals surface area contributed by atoms with Gasteiger partial charge in [0.1, 0.15) is 5.82 Å². The Morgan fingerprint density at radius 1 is 1.44 bits per heavy atom. The largest absolute Gasteiger partial charge is 0.293 e. The third-order valence-electron chi connectivity index (χ3n) is 2.34. The van der Waals surface area contributed by atoms with Crippen molar-refractivity contribution >= 4 is 6.21 Å². The van der Waals surface area contributed by atoms with E-state index in [0.717, 1.165) is 24.9 Å². The van der Waals surface area contributed by atoms with E-state index in [1.165, 1.54) is 11.6 Å². The van der Waals surface area contributed by atoms with Gasteiger partial charge in [0.2, 0.25) is 0 Å². The SMILES string of the molecule is CCN=C/C=C(\C)CCc1cccc(F)c1. The van der Waals surface area contributed by atoms with Gasteiger partial charge in [0.15, 0.2) is 0 Å². The van der Waals surface area contributed by atoms with Crippen molar-refractivity contribution in [2.24, 2.45) is 4.99 Å². The third kappa shape index (κ3) is 4.87. The molecule has 1 aromatic carbocycles. The van der Waals surface area contributed by atoms with Crippen molar-refractivity contribution in [3.8, 4) is 0 Å². The average Bonchev–Trinajstić information content (AvgIpc) is 2.27. The van der Waals surface area contributed by atoms with Crippen LogP contribution >= 0.6 is 0 Å². The zero-order valence-corrected chi connectivity index (χ0v) is 9.91. The van der Waals surface area contributed by atoms with Gasteiger partial charge in [-0.25, -0.2) is 4.39 Å². The van der Waals surface area contributed by atoms with Gasteiger partial charge >= 0.3 is 0 Å². The molecule has 0 aromatic heterocycles. The standard InChI is InChI=1S/C14H18FN/c1-3-16-10-9-12(2)7-8-13-5-4-6-14(15)11-13/h4-6,9-11H,3,7-8H2,1-2H3/b12-9+,16-10?. The Bertz CT molecular complexity index is 380. The first-order chi connectivity index (χ1) is 7.72. The lowest BCUT2D eigenvalue weighted by atomic mass is 10.1. The van der Waals surface area contributed by atoms with Gasteiger partial charge in [-0.3, -0.25) is 4.99 Å². The van der Waals surface area contributed by atoms with Gasteiger partial charge in [0.25, 0.3) is 0 Å². The van der Waals surface area contributed by atoms with Crippen LogP contribution in [0.25, 0.3) is 0 Å². The van der Waals surface area contributed by atoms with Crippen LogP contribution in [0.5, 0.6) is 0 Å². The summed E-state index contributed by atoms with van der Waals surface area (Å²) in [6, 6.07) is 6.77. The normalized spacial score (nSPS) is 12.3. The van der Waals surface area contributed by atoms with Gasteiger partial charge in [-0.15, -0.1) is 0 Å². The maximum Gasteiger partial charge on any atom is 0.123 e. The van der Waals surface area contributed by atoms with Gasteiger partial charge in [-0.1, -0.05) is 17.7 Å². The highest BCUT2D eigenvalue weighted by molar-refractivity contribution is 5.71. The second-order valence-electron chi connectivity index (χ2n) is 3.79. The fourth-order valence-electron chi connectivity index (χ4n) is 1.40. The van der Waals surface area contributed by atoms with Crippen molar-refractivity contribution < 1.29 is 4.39 Å². The number of hydrogen-bond acceptors (Lipinski definition) is 1. The summed E-state index contributed by atoms with van der Waals surface area (Å²) in [5.74, 6) is -0.160. The molecule has 1 nitrogen and oxygen atoms in total. The molecular weight excluding hydrogens is 201 g/mol. The van der Waals surface area contributed by atoms with Crippen molar-refractivity contribution in [3.05, 3.63) is 47.3 Å². The van der Waals surface area contributed by atoms with E-state index in [2.05, 4.69) is 11.9 Å². The summed E-state index contributed by atoms with van der Waals surface area (Å²) in [6.45, 7) is 4.89. The lowest BCUT2D eigenvalue weighted by molar-refractivity contribution is 0.625. The van der Waals surface area contributed by atoms with Gasteiger partial charge < -0.3 is 0 Å². The number of halogens is 1. The van der Waals surface area contributed by atoms with Gasteiger partial charge in [0.05, 0.1) is 0 Å². The number of nitrogens with zero attached hydrogens (tertiary/aromatic N) is 1. The van der Waals surface area contributed by atoms with E-state index in [1.54, 1.807) is 12.1 Å². The van der Waals surface area contributed by atoms with Crippen LogP contribution in [0.15, 0.2) is 40.9 Å². The second-order valence-corrected chi connectivity index (χ2v) is 3.79. The quantitative estimate of drug-likeness (QED) is 0.668. The van der Waals surface area contributed by atoms with Crippen LogP contribution in [0.1, 0.15) is 25.8 Å². The molecule has 1 rings (SSSR count). The molecule has 0 radical (unpaired) electrons. The van der Waals surface area contributed by atoms with E-state index in [4.69, 9.17) is 0 Å². The highest BCUT2D eigenvalue weighted by atomic mass is 19.1. The number of hydrogen-bond donors (Lipinski definition) is 0. The Kier molecular flexibility index (Phi) is 5.48. The highest BCUT2D eigenvalue weighted by Crippen LogP contribution is 2.09. The number of benzene rings is 1. The van der Waals surface area contributed by atoms with E-state index < -0.39 is 0 Å². The predicted molar refractivity (Wildman–Crippen MR) is 67.5 cm³/mol. The minimum Gasteiger partial charge on any atom is -0.293 e. The van der Waals surface area contributed by atoms with Crippen molar-refractivity contribution in [2.75, 3.05) is 6.54 Å². The molecule has 2 heteroatoms. The Morgan fingerprint density at radius 2 is 2.25 bits per heavy atom. The van der Waals surface area contributed by atoms with Gasteiger partial charge in [0, 0.05) is 12.8 Å². The van der Waals surface area contributed by atoms with Crippen LogP contribution < -0.4 is 0 Å². The molecule has 0 amide bonds. The molecule has 0 N–H and O–H groups in total. The third-order valence-corrected chi connectivity index (χ3v) is 2.34. The van der Waals surface area contributed by atoms with Gasteiger partial charge in [-0.05, 0) is 50.5 Å². The molecule has 16 heavy (non-hydrogen) atoms. The first-order valence-electron chi connectivity index (χ1n) is 5.62. The summed E-state index contributed by atoms with van der Waals surface area (Å²) in [7, 11) is 0. The topological polar surface area (TPSA) is 12.4 Å². The smallest absolute Gasteiger partial charge is 0.123 e. The van der Waals surface area contributed by atoms with Crippen LogP contribution in [0, 0.1) is 5.82 Å². The summed E-state index contributed by atoms with van der Waals surface area (Å²) < 4.78 is 12.9. The molecule has 0 spiro atoms. The fourth-order valence-corrected chi connectivity index (χ4v) is 1.40. The Balaban J connectivity index is 2.45. The van der Waals surface area contributed by atoms with Crippen molar-refractivity contribution in [1.82, 2.24) is 0 Å². The summed E-state index contributed by atoms with van der Waals surface area (Å²) >= 11 is 0. The van der Waals surface area contributed by atoms with Crippen LogP contribution in [0.2, 0.25) is 0 Å². The second kappa shape index (κ2) is 6.94. The number of aliphatic imine (C=N–C) groups is 1. The molecular formula is C14H18FN. The van der Waals surface area contributed by atoms with Crippen LogP contribution in [-0.2, 0) is 6.42 Å². The van der Waals surface area contributed by atoms with Crippen LogP contribution in [-0.4, -0.2) is 12.8 Å². The zero-order valence-electron chi connectivity index (χ0n) is 9.91. The van der Waals surface area contributed by atoms with Crippen molar-refractivity contribution in [3.63, 3.8) is 0 Å². The monoisotopic (exact) mass is 219 g/mol.